The van der Waals surface area contributed by atoms with Crippen LogP contribution in [0.3, 0.4) is 0 Å². The number of rotatable bonds is 7. The van der Waals surface area contributed by atoms with Gasteiger partial charge in [-0.05, 0) is 56.3 Å². The van der Waals surface area contributed by atoms with E-state index in [9.17, 15) is 14.4 Å². The normalized spacial score (nSPS) is 11.5. The topological polar surface area (TPSA) is 94.4 Å². The summed E-state index contributed by atoms with van der Waals surface area (Å²) >= 11 is 0. The number of carbonyl (C=O) groups is 2. The summed E-state index contributed by atoms with van der Waals surface area (Å²) in [6.45, 7) is 3.41. The van der Waals surface area contributed by atoms with Gasteiger partial charge < -0.3 is 15.4 Å². The molecular formula is C27H26N4O4. The number of para-hydroxylation sites is 2. The van der Waals surface area contributed by atoms with E-state index in [0.717, 1.165) is 0 Å². The van der Waals surface area contributed by atoms with E-state index in [1.807, 2.05) is 48.5 Å². The van der Waals surface area contributed by atoms with Gasteiger partial charge in [0.15, 0.2) is 6.10 Å². The highest BCUT2D eigenvalue weighted by molar-refractivity contribution is 6.05. The van der Waals surface area contributed by atoms with Crippen molar-refractivity contribution in [2.24, 2.45) is 7.05 Å². The van der Waals surface area contributed by atoms with E-state index in [1.165, 1.54) is 4.68 Å². The van der Waals surface area contributed by atoms with Crippen molar-refractivity contribution in [2.45, 2.75) is 20.0 Å². The van der Waals surface area contributed by atoms with Gasteiger partial charge in [0, 0.05) is 18.3 Å². The molecule has 2 N–H and O–H groups in total. The molecule has 8 nitrogen and oxygen atoms in total. The van der Waals surface area contributed by atoms with Gasteiger partial charge in [0.25, 0.3) is 17.4 Å². The molecule has 1 heterocycles. The van der Waals surface area contributed by atoms with Crippen molar-refractivity contribution in [2.75, 3.05) is 10.6 Å². The van der Waals surface area contributed by atoms with Crippen LogP contribution < -0.4 is 20.9 Å². The van der Waals surface area contributed by atoms with Crippen molar-refractivity contribution in [1.82, 2.24) is 9.36 Å². The minimum absolute atomic E-state index is 0.195. The molecule has 0 aliphatic carbocycles. The molecule has 178 valence electrons. The van der Waals surface area contributed by atoms with Crippen LogP contribution in [0.5, 0.6) is 5.75 Å². The maximum Gasteiger partial charge on any atom is 0.295 e. The van der Waals surface area contributed by atoms with Crippen LogP contribution in [0.4, 0.5) is 11.4 Å². The Morgan fingerprint density at radius 3 is 2.23 bits per heavy atom. The summed E-state index contributed by atoms with van der Waals surface area (Å²) in [7, 11) is 1.76. The lowest BCUT2D eigenvalue weighted by Gasteiger charge is -2.15. The van der Waals surface area contributed by atoms with E-state index in [0.29, 0.717) is 28.4 Å². The molecular weight excluding hydrogens is 444 g/mol. The van der Waals surface area contributed by atoms with Gasteiger partial charge >= 0.3 is 0 Å². The molecule has 0 aliphatic heterocycles. The third kappa shape index (κ3) is 5.16. The molecule has 1 aromatic heterocycles. The molecule has 0 saturated heterocycles. The van der Waals surface area contributed by atoms with Gasteiger partial charge in [0.2, 0.25) is 0 Å². The largest absolute Gasteiger partial charge is 0.481 e. The zero-order valence-corrected chi connectivity index (χ0v) is 19.7. The van der Waals surface area contributed by atoms with Gasteiger partial charge in [0.05, 0.1) is 11.4 Å². The van der Waals surface area contributed by atoms with Crippen LogP contribution in [0.25, 0.3) is 5.69 Å². The first-order valence-electron chi connectivity index (χ1n) is 11.1. The minimum atomic E-state index is -0.738. The number of benzene rings is 3. The number of hydrogen-bond acceptors (Lipinski definition) is 4. The Hall–Kier alpha value is -4.59. The summed E-state index contributed by atoms with van der Waals surface area (Å²) in [4.78, 5) is 38.6. The second kappa shape index (κ2) is 10.1. The molecule has 0 fully saturated rings. The van der Waals surface area contributed by atoms with Crippen LogP contribution >= 0.6 is 0 Å². The van der Waals surface area contributed by atoms with Crippen molar-refractivity contribution in [3.05, 3.63) is 107 Å². The summed E-state index contributed by atoms with van der Waals surface area (Å²) in [6, 6.07) is 24.8. The molecule has 0 bridgehead atoms. The van der Waals surface area contributed by atoms with Crippen LogP contribution in [0.15, 0.2) is 89.7 Å². The number of aromatic nitrogens is 2. The first-order valence-corrected chi connectivity index (χ1v) is 11.1. The average Bonchev–Trinajstić information content (AvgIpc) is 3.08. The predicted molar refractivity (Wildman–Crippen MR) is 135 cm³/mol. The van der Waals surface area contributed by atoms with Crippen molar-refractivity contribution < 1.29 is 14.3 Å². The molecule has 4 aromatic rings. The lowest BCUT2D eigenvalue weighted by atomic mass is 10.1. The highest BCUT2D eigenvalue weighted by Crippen LogP contribution is 2.18. The molecule has 2 amide bonds. The molecule has 1 atom stereocenters. The molecule has 3 aromatic carbocycles. The minimum Gasteiger partial charge on any atom is -0.481 e. The van der Waals surface area contributed by atoms with E-state index < -0.39 is 12.0 Å². The zero-order valence-electron chi connectivity index (χ0n) is 19.7. The molecule has 4 rings (SSSR count). The monoisotopic (exact) mass is 470 g/mol. The zero-order chi connectivity index (χ0) is 24.9. The molecule has 0 aliphatic rings. The predicted octanol–water partition coefficient (Wildman–Crippen LogP) is 4.14. The molecule has 0 spiro atoms. The summed E-state index contributed by atoms with van der Waals surface area (Å²) < 4.78 is 8.84. The van der Waals surface area contributed by atoms with Crippen molar-refractivity contribution >= 4 is 23.2 Å². The summed E-state index contributed by atoms with van der Waals surface area (Å²) in [5.74, 6) is -0.223. The summed E-state index contributed by atoms with van der Waals surface area (Å²) in [5, 5.41) is 5.50. The van der Waals surface area contributed by atoms with Crippen LogP contribution in [-0.4, -0.2) is 27.3 Å². The van der Waals surface area contributed by atoms with Gasteiger partial charge in [-0.3, -0.25) is 19.1 Å². The molecule has 8 heteroatoms. The standard InChI is InChI=1S/C27H26N4O4/c1-18-24(27(34)31(30(18)3)22-13-6-4-7-14-22)29-26(33)20-11-10-12-21(17-20)28-25(32)19(2)35-23-15-8-5-9-16-23/h4-17,19H,1-3H3,(H,28,32)(H,29,33)/t19-/m1/s1. The number of amides is 2. The van der Waals surface area contributed by atoms with Crippen molar-refractivity contribution in [3.8, 4) is 11.4 Å². The maximum atomic E-state index is 13.1. The highest BCUT2D eigenvalue weighted by atomic mass is 16.5. The molecule has 0 saturated carbocycles. The van der Waals surface area contributed by atoms with Crippen molar-refractivity contribution in [1.29, 1.82) is 0 Å². The number of carbonyl (C=O) groups excluding carboxylic acids is 2. The van der Waals surface area contributed by atoms with Crippen LogP contribution in [0.2, 0.25) is 0 Å². The number of nitrogens with zero attached hydrogens (tertiary/aromatic N) is 2. The fraction of sp³-hybridized carbons (Fsp3) is 0.148. The smallest absolute Gasteiger partial charge is 0.295 e. The second-order valence-corrected chi connectivity index (χ2v) is 8.03. The Bertz CT molecular complexity index is 1410. The first-order chi connectivity index (χ1) is 16.8. The van der Waals surface area contributed by atoms with Gasteiger partial charge in [-0.15, -0.1) is 0 Å². The third-order valence-electron chi connectivity index (χ3n) is 5.61. The molecule has 0 unspecified atom stereocenters. The Labute approximate surface area is 202 Å². The lowest BCUT2D eigenvalue weighted by molar-refractivity contribution is -0.122. The number of hydrogen-bond donors (Lipinski definition) is 2. The maximum absolute atomic E-state index is 13.1. The van der Waals surface area contributed by atoms with Gasteiger partial charge in [-0.2, -0.15) is 0 Å². The van der Waals surface area contributed by atoms with E-state index in [2.05, 4.69) is 10.6 Å². The van der Waals surface area contributed by atoms with Gasteiger partial charge in [-0.1, -0.05) is 42.5 Å². The summed E-state index contributed by atoms with van der Waals surface area (Å²) in [5.41, 5.74) is 1.91. The summed E-state index contributed by atoms with van der Waals surface area (Å²) in [6.07, 6.45) is -0.738. The second-order valence-electron chi connectivity index (χ2n) is 8.03. The van der Waals surface area contributed by atoms with E-state index in [-0.39, 0.29) is 17.2 Å². The number of nitrogens with one attached hydrogen (secondary N) is 2. The highest BCUT2D eigenvalue weighted by Gasteiger charge is 2.20. The number of anilines is 2. The fourth-order valence-electron chi connectivity index (χ4n) is 3.64. The Morgan fingerprint density at radius 2 is 1.54 bits per heavy atom. The van der Waals surface area contributed by atoms with Gasteiger partial charge in [-0.25, -0.2) is 4.68 Å². The number of ether oxygens (including phenoxy) is 1. The first kappa shape index (κ1) is 23.6. The SMILES string of the molecule is Cc1c(NC(=O)c2cccc(NC(=O)[C@@H](C)Oc3ccccc3)c2)c(=O)n(-c2ccccc2)n1C. The Balaban J connectivity index is 1.49. The van der Waals surface area contributed by atoms with Crippen LogP contribution in [-0.2, 0) is 11.8 Å². The van der Waals surface area contributed by atoms with E-state index in [4.69, 9.17) is 4.74 Å². The van der Waals surface area contributed by atoms with Crippen LogP contribution in [0.1, 0.15) is 23.0 Å². The van der Waals surface area contributed by atoms with Crippen LogP contribution in [0, 0.1) is 6.92 Å². The van der Waals surface area contributed by atoms with Gasteiger partial charge in [0.1, 0.15) is 11.4 Å². The Kier molecular flexibility index (Phi) is 6.82. The quantitative estimate of drug-likeness (QED) is 0.424. The average molecular weight is 471 g/mol. The Morgan fingerprint density at radius 1 is 0.886 bits per heavy atom. The van der Waals surface area contributed by atoms with E-state index in [1.54, 1.807) is 62.0 Å². The van der Waals surface area contributed by atoms with Crippen molar-refractivity contribution in [3.63, 3.8) is 0 Å². The molecule has 35 heavy (non-hydrogen) atoms. The van der Waals surface area contributed by atoms with E-state index >= 15 is 0 Å². The molecule has 0 radical (unpaired) electrons. The third-order valence-corrected chi connectivity index (χ3v) is 5.61. The fourth-order valence-corrected chi connectivity index (χ4v) is 3.64. The lowest BCUT2D eigenvalue weighted by Crippen LogP contribution is -2.30.